The maximum absolute atomic E-state index is 12.0. The number of esters is 2. The highest BCUT2D eigenvalue weighted by atomic mass is 16.5. The zero-order valence-electron chi connectivity index (χ0n) is 12.9. The molecule has 1 saturated heterocycles. The van der Waals surface area contributed by atoms with Crippen molar-refractivity contribution in [2.75, 3.05) is 26.4 Å². The lowest BCUT2D eigenvalue weighted by molar-refractivity contribution is -0.145. The van der Waals surface area contributed by atoms with Gasteiger partial charge in [-0.3, -0.25) is 4.79 Å². The Hall–Kier alpha value is -1.36. The molecule has 5 heteroatoms. The molecule has 0 N–H and O–H groups in total. The first kappa shape index (κ1) is 16.0. The molecule has 118 valence electrons. The normalized spacial score (nSPS) is 23.7. The Kier molecular flexibility index (Phi) is 5.39. The zero-order valence-corrected chi connectivity index (χ0v) is 12.9. The molecule has 2 aliphatic rings. The Balaban J connectivity index is 2.13. The Bertz CT molecular complexity index is 420. The van der Waals surface area contributed by atoms with Crippen LogP contribution >= 0.6 is 0 Å². The summed E-state index contributed by atoms with van der Waals surface area (Å²) in [7, 11) is 0. The molecular weight excluding hydrogens is 272 g/mol. The van der Waals surface area contributed by atoms with Crippen molar-refractivity contribution < 1.29 is 23.8 Å². The van der Waals surface area contributed by atoms with E-state index < -0.39 is 0 Å². The lowest BCUT2D eigenvalue weighted by Gasteiger charge is -2.38. The van der Waals surface area contributed by atoms with Crippen molar-refractivity contribution >= 4 is 11.9 Å². The first-order valence-corrected chi connectivity index (χ1v) is 7.72. The number of allylic oxidation sites excluding steroid dienone is 1. The predicted molar refractivity (Wildman–Crippen MR) is 76.6 cm³/mol. The first-order valence-electron chi connectivity index (χ1n) is 7.72. The van der Waals surface area contributed by atoms with Gasteiger partial charge in [0.05, 0.1) is 19.6 Å². The smallest absolute Gasteiger partial charge is 0.333 e. The maximum atomic E-state index is 12.0. The van der Waals surface area contributed by atoms with Crippen molar-refractivity contribution in [3.8, 4) is 0 Å². The maximum Gasteiger partial charge on any atom is 0.333 e. The molecule has 5 nitrogen and oxygen atoms in total. The van der Waals surface area contributed by atoms with E-state index in [1.54, 1.807) is 13.8 Å². The highest BCUT2D eigenvalue weighted by Crippen LogP contribution is 2.51. The summed E-state index contributed by atoms with van der Waals surface area (Å²) in [6, 6.07) is 0. The van der Waals surface area contributed by atoms with Crippen molar-refractivity contribution in [2.45, 2.75) is 39.5 Å². The largest absolute Gasteiger partial charge is 0.466 e. The van der Waals surface area contributed by atoms with Crippen molar-refractivity contribution in [1.82, 2.24) is 0 Å². The molecule has 0 amide bonds. The molecular formula is C16H24O5. The predicted octanol–water partition coefficient (Wildman–Crippen LogP) is 2.25. The van der Waals surface area contributed by atoms with E-state index in [9.17, 15) is 9.59 Å². The van der Waals surface area contributed by atoms with Gasteiger partial charge in [-0.2, -0.15) is 0 Å². The molecule has 0 bridgehead atoms. The summed E-state index contributed by atoms with van der Waals surface area (Å²) in [5, 5.41) is 0. The van der Waals surface area contributed by atoms with Gasteiger partial charge in [-0.05, 0) is 44.4 Å². The summed E-state index contributed by atoms with van der Waals surface area (Å²) in [6.07, 6.45) is 4.68. The first-order chi connectivity index (χ1) is 10.1. The molecule has 0 saturated carbocycles. The number of hydrogen-bond donors (Lipinski definition) is 0. The molecule has 1 aliphatic heterocycles. The number of ether oxygens (including phenoxy) is 3. The number of carbonyl (C=O) groups is 2. The van der Waals surface area contributed by atoms with Crippen LogP contribution in [0.4, 0.5) is 0 Å². The van der Waals surface area contributed by atoms with Crippen LogP contribution in [-0.4, -0.2) is 38.4 Å². The summed E-state index contributed by atoms with van der Waals surface area (Å²) >= 11 is 0. The van der Waals surface area contributed by atoms with Crippen LogP contribution in [0, 0.1) is 11.3 Å². The molecule has 0 aromatic carbocycles. The van der Waals surface area contributed by atoms with Crippen LogP contribution in [0.3, 0.4) is 0 Å². The minimum atomic E-state index is -0.255. The van der Waals surface area contributed by atoms with Crippen LogP contribution < -0.4 is 0 Å². The fourth-order valence-electron chi connectivity index (χ4n) is 3.35. The quantitative estimate of drug-likeness (QED) is 0.728. The highest BCUT2D eigenvalue weighted by molar-refractivity contribution is 5.89. The average Bonchev–Trinajstić information content (AvgIpc) is 2.79. The molecule has 1 fully saturated rings. The minimum absolute atomic E-state index is 0.0415. The Morgan fingerprint density at radius 2 is 1.90 bits per heavy atom. The third-order valence-electron chi connectivity index (χ3n) is 4.45. The second kappa shape index (κ2) is 7.07. The standard InChI is InChI=1S/C16H24O5/c1-3-20-14(17)10-13-9-12(15(18)21-4-2)11-16(13)5-7-19-8-6-16/h9,13H,3-8,10-11H2,1-2H3/t13-/m1/s1. The molecule has 2 rings (SSSR count). The van der Waals surface area contributed by atoms with E-state index in [2.05, 4.69) is 0 Å². The van der Waals surface area contributed by atoms with Gasteiger partial charge >= 0.3 is 11.9 Å². The van der Waals surface area contributed by atoms with Gasteiger partial charge < -0.3 is 14.2 Å². The summed E-state index contributed by atoms with van der Waals surface area (Å²) in [5.41, 5.74) is 0.653. The van der Waals surface area contributed by atoms with Crippen LogP contribution in [0.2, 0.25) is 0 Å². The lowest BCUT2D eigenvalue weighted by atomic mass is 9.70. The second-order valence-electron chi connectivity index (χ2n) is 5.68. The fraction of sp³-hybridized carbons (Fsp3) is 0.750. The molecule has 21 heavy (non-hydrogen) atoms. The van der Waals surface area contributed by atoms with Crippen LogP contribution in [-0.2, 0) is 23.8 Å². The topological polar surface area (TPSA) is 61.8 Å². The molecule has 0 unspecified atom stereocenters. The number of hydrogen-bond acceptors (Lipinski definition) is 5. The molecule has 0 aromatic rings. The van der Waals surface area contributed by atoms with E-state index >= 15 is 0 Å². The number of carbonyl (C=O) groups excluding carboxylic acids is 2. The van der Waals surface area contributed by atoms with Gasteiger partial charge in [0.25, 0.3) is 0 Å². The summed E-state index contributed by atoms with van der Waals surface area (Å²) in [6.45, 7) is 5.72. The number of rotatable bonds is 5. The van der Waals surface area contributed by atoms with Crippen molar-refractivity contribution in [1.29, 1.82) is 0 Å². The van der Waals surface area contributed by atoms with E-state index in [1.807, 2.05) is 6.08 Å². The van der Waals surface area contributed by atoms with Crippen LogP contribution in [0.15, 0.2) is 11.6 Å². The van der Waals surface area contributed by atoms with Gasteiger partial charge in [-0.25, -0.2) is 4.79 Å². The van der Waals surface area contributed by atoms with E-state index in [0.717, 1.165) is 12.8 Å². The van der Waals surface area contributed by atoms with Crippen LogP contribution in [0.1, 0.15) is 39.5 Å². The Labute approximate surface area is 125 Å². The van der Waals surface area contributed by atoms with Crippen molar-refractivity contribution in [3.05, 3.63) is 11.6 Å². The summed E-state index contributed by atoms with van der Waals surface area (Å²) in [5.74, 6) is -0.413. The minimum Gasteiger partial charge on any atom is -0.466 e. The van der Waals surface area contributed by atoms with E-state index in [0.29, 0.717) is 44.8 Å². The second-order valence-corrected chi connectivity index (χ2v) is 5.68. The fourth-order valence-corrected chi connectivity index (χ4v) is 3.35. The molecule has 0 aromatic heterocycles. The monoisotopic (exact) mass is 296 g/mol. The van der Waals surface area contributed by atoms with Crippen LogP contribution in [0.5, 0.6) is 0 Å². The van der Waals surface area contributed by atoms with Gasteiger partial charge in [-0.15, -0.1) is 0 Å². The van der Waals surface area contributed by atoms with Gasteiger partial charge in [-0.1, -0.05) is 6.08 Å². The van der Waals surface area contributed by atoms with E-state index in [4.69, 9.17) is 14.2 Å². The van der Waals surface area contributed by atoms with Crippen molar-refractivity contribution in [3.63, 3.8) is 0 Å². The SMILES string of the molecule is CCOC(=O)C[C@H]1C=C(C(=O)OCC)CC12CCOCC2. The van der Waals surface area contributed by atoms with E-state index in [1.165, 1.54) is 0 Å². The van der Waals surface area contributed by atoms with Crippen molar-refractivity contribution in [2.24, 2.45) is 11.3 Å². The van der Waals surface area contributed by atoms with Gasteiger partial charge in [0.2, 0.25) is 0 Å². The molecule has 1 atom stereocenters. The third kappa shape index (κ3) is 3.64. The van der Waals surface area contributed by atoms with Crippen LogP contribution in [0.25, 0.3) is 0 Å². The molecule has 0 radical (unpaired) electrons. The molecule has 1 aliphatic carbocycles. The summed E-state index contributed by atoms with van der Waals surface area (Å²) < 4.78 is 15.6. The Morgan fingerprint density at radius 3 is 2.52 bits per heavy atom. The summed E-state index contributed by atoms with van der Waals surface area (Å²) in [4.78, 5) is 23.8. The third-order valence-corrected chi connectivity index (χ3v) is 4.45. The van der Waals surface area contributed by atoms with Gasteiger partial charge in [0.15, 0.2) is 0 Å². The average molecular weight is 296 g/mol. The van der Waals surface area contributed by atoms with E-state index in [-0.39, 0.29) is 23.3 Å². The molecule has 1 spiro atoms. The lowest BCUT2D eigenvalue weighted by Crippen LogP contribution is -2.35. The Morgan fingerprint density at radius 1 is 1.24 bits per heavy atom. The van der Waals surface area contributed by atoms with Gasteiger partial charge in [0.1, 0.15) is 0 Å². The highest BCUT2D eigenvalue weighted by Gasteiger charge is 2.46. The zero-order chi connectivity index (χ0) is 15.3. The molecule has 1 heterocycles. The van der Waals surface area contributed by atoms with Gasteiger partial charge in [0, 0.05) is 18.8 Å².